The molecule has 0 rings (SSSR count). The van der Waals surface area contributed by atoms with E-state index in [9.17, 15) is 9.59 Å². The van der Waals surface area contributed by atoms with Crippen LogP contribution in [-0.2, 0) is 19.1 Å². The molecule has 0 aliphatic rings. The molecule has 0 saturated carbocycles. The Hall–Kier alpha value is -1.06. The van der Waals surface area contributed by atoms with Crippen LogP contribution in [0.4, 0.5) is 0 Å². The van der Waals surface area contributed by atoms with E-state index in [0.717, 1.165) is 0 Å². The summed E-state index contributed by atoms with van der Waals surface area (Å²) in [5, 5.41) is 0. The van der Waals surface area contributed by atoms with E-state index in [1.165, 1.54) is 7.11 Å². The third-order valence-corrected chi connectivity index (χ3v) is 1.91. The van der Waals surface area contributed by atoms with Crippen LogP contribution in [0.15, 0.2) is 0 Å². The zero-order valence-electron chi connectivity index (χ0n) is 10.3. The summed E-state index contributed by atoms with van der Waals surface area (Å²) >= 11 is 0. The zero-order valence-corrected chi connectivity index (χ0v) is 10.3. The Morgan fingerprint density at radius 2 is 1.47 bits per heavy atom. The molecule has 0 aromatic heterocycles. The maximum atomic E-state index is 11.4. The van der Waals surface area contributed by atoms with Crippen LogP contribution in [0.2, 0.25) is 0 Å². The van der Waals surface area contributed by atoms with E-state index < -0.39 is 10.8 Å². The Kier molecular flexibility index (Phi) is 4.31. The van der Waals surface area contributed by atoms with Gasteiger partial charge in [0.05, 0.1) is 17.9 Å². The zero-order chi connectivity index (χ0) is 12.3. The lowest BCUT2D eigenvalue weighted by Gasteiger charge is -2.24. The summed E-state index contributed by atoms with van der Waals surface area (Å²) in [7, 11) is 1.32. The summed E-state index contributed by atoms with van der Waals surface area (Å²) < 4.78 is 9.66. The van der Waals surface area contributed by atoms with E-state index in [-0.39, 0.29) is 18.5 Å². The standard InChI is InChI=1S/C11H20O4/c1-10(2,3)8(12)15-7-11(4,5)9(13)14-6/h7H2,1-6H3. The van der Waals surface area contributed by atoms with Gasteiger partial charge in [-0.05, 0) is 34.6 Å². The van der Waals surface area contributed by atoms with E-state index in [0.29, 0.717) is 0 Å². The second-order valence-electron chi connectivity index (χ2n) is 5.20. The topological polar surface area (TPSA) is 52.6 Å². The molecule has 0 bridgehead atoms. The fourth-order valence-corrected chi connectivity index (χ4v) is 0.798. The highest BCUT2D eigenvalue weighted by Crippen LogP contribution is 2.21. The molecule has 4 nitrogen and oxygen atoms in total. The molecular formula is C11H20O4. The molecule has 0 fully saturated rings. The average Bonchev–Trinajstić information content (AvgIpc) is 2.11. The van der Waals surface area contributed by atoms with Crippen LogP contribution in [0.25, 0.3) is 0 Å². The quantitative estimate of drug-likeness (QED) is 0.675. The molecule has 15 heavy (non-hydrogen) atoms. The van der Waals surface area contributed by atoms with Crippen LogP contribution in [-0.4, -0.2) is 25.7 Å². The van der Waals surface area contributed by atoms with Crippen molar-refractivity contribution in [2.75, 3.05) is 13.7 Å². The lowest BCUT2D eigenvalue weighted by molar-refractivity contribution is -0.163. The summed E-state index contributed by atoms with van der Waals surface area (Å²) in [5.74, 6) is -0.705. The lowest BCUT2D eigenvalue weighted by atomic mass is 9.94. The Labute approximate surface area is 90.9 Å². The monoisotopic (exact) mass is 216 g/mol. The van der Waals surface area contributed by atoms with Gasteiger partial charge in [-0.1, -0.05) is 0 Å². The molecule has 0 amide bonds. The number of carbonyl (C=O) groups excluding carboxylic acids is 2. The van der Waals surface area contributed by atoms with Crippen LogP contribution in [0, 0.1) is 10.8 Å². The Morgan fingerprint density at radius 3 is 1.80 bits per heavy atom. The summed E-state index contributed by atoms with van der Waals surface area (Å²) in [6.45, 7) is 8.68. The first-order chi connectivity index (χ1) is 6.61. The van der Waals surface area contributed by atoms with Crippen LogP contribution >= 0.6 is 0 Å². The SMILES string of the molecule is COC(=O)C(C)(C)COC(=O)C(C)(C)C. The molecule has 0 aromatic carbocycles. The number of rotatable bonds is 3. The van der Waals surface area contributed by atoms with E-state index in [2.05, 4.69) is 4.74 Å². The number of hydrogen-bond donors (Lipinski definition) is 0. The fourth-order valence-electron chi connectivity index (χ4n) is 0.798. The molecule has 0 N–H and O–H groups in total. The number of esters is 2. The van der Waals surface area contributed by atoms with Crippen molar-refractivity contribution < 1.29 is 19.1 Å². The molecule has 0 unspecified atom stereocenters. The van der Waals surface area contributed by atoms with Gasteiger partial charge in [-0.25, -0.2) is 0 Å². The third-order valence-electron chi connectivity index (χ3n) is 1.91. The number of methoxy groups -OCH3 is 1. The maximum Gasteiger partial charge on any atom is 0.314 e. The van der Waals surface area contributed by atoms with Gasteiger partial charge in [0.25, 0.3) is 0 Å². The molecule has 0 atom stereocenters. The number of ether oxygens (including phenoxy) is 2. The van der Waals surface area contributed by atoms with E-state index >= 15 is 0 Å². The molecule has 4 heteroatoms. The van der Waals surface area contributed by atoms with E-state index in [1.54, 1.807) is 34.6 Å². The smallest absolute Gasteiger partial charge is 0.314 e. The first-order valence-corrected chi connectivity index (χ1v) is 4.87. The molecule has 0 spiro atoms. The second-order valence-corrected chi connectivity index (χ2v) is 5.20. The molecular weight excluding hydrogens is 196 g/mol. The van der Waals surface area contributed by atoms with Crippen molar-refractivity contribution in [2.24, 2.45) is 10.8 Å². The van der Waals surface area contributed by atoms with Crippen molar-refractivity contribution in [1.29, 1.82) is 0 Å². The van der Waals surface area contributed by atoms with Gasteiger partial charge in [-0.2, -0.15) is 0 Å². The van der Waals surface area contributed by atoms with E-state index in [1.807, 2.05) is 0 Å². The van der Waals surface area contributed by atoms with Gasteiger partial charge < -0.3 is 9.47 Å². The molecule has 0 aliphatic carbocycles. The van der Waals surface area contributed by atoms with Crippen LogP contribution in [0.5, 0.6) is 0 Å². The summed E-state index contributed by atoms with van der Waals surface area (Å²) in [6.07, 6.45) is 0. The molecule has 0 aromatic rings. The minimum Gasteiger partial charge on any atom is -0.469 e. The Bertz CT molecular complexity index is 248. The van der Waals surface area contributed by atoms with Crippen LogP contribution in [0.1, 0.15) is 34.6 Å². The first-order valence-electron chi connectivity index (χ1n) is 4.87. The van der Waals surface area contributed by atoms with Crippen molar-refractivity contribution in [2.45, 2.75) is 34.6 Å². The first kappa shape index (κ1) is 13.9. The Morgan fingerprint density at radius 1 is 1.00 bits per heavy atom. The number of carbonyl (C=O) groups is 2. The van der Waals surface area contributed by atoms with Crippen molar-refractivity contribution in [3.8, 4) is 0 Å². The minimum absolute atomic E-state index is 0.0375. The minimum atomic E-state index is -0.796. The highest BCUT2D eigenvalue weighted by atomic mass is 16.5. The van der Waals surface area contributed by atoms with E-state index in [4.69, 9.17) is 4.74 Å². The summed E-state index contributed by atoms with van der Waals surface area (Å²) in [6, 6.07) is 0. The summed E-state index contributed by atoms with van der Waals surface area (Å²) in [5.41, 5.74) is -1.35. The highest BCUT2D eigenvalue weighted by molar-refractivity contribution is 5.78. The van der Waals surface area contributed by atoms with Crippen LogP contribution < -0.4 is 0 Å². The van der Waals surface area contributed by atoms with Gasteiger partial charge in [-0.3, -0.25) is 9.59 Å². The largest absolute Gasteiger partial charge is 0.469 e. The molecule has 0 radical (unpaired) electrons. The van der Waals surface area contributed by atoms with Crippen LogP contribution in [0.3, 0.4) is 0 Å². The lowest BCUT2D eigenvalue weighted by Crippen LogP contribution is -2.34. The predicted octanol–water partition coefficient (Wildman–Crippen LogP) is 1.77. The molecule has 0 heterocycles. The van der Waals surface area contributed by atoms with Crippen molar-refractivity contribution in [3.63, 3.8) is 0 Å². The van der Waals surface area contributed by atoms with Gasteiger partial charge in [0.1, 0.15) is 6.61 Å². The maximum absolute atomic E-state index is 11.4. The van der Waals surface area contributed by atoms with Gasteiger partial charge >= 0.3 is 11.9 Å². The molecule has 0 aliphatic heterocycles. The molecule has 0 saturated heterocycles. The van der Waals surface area contributed by atoms with Crippen molar-refractivity contribution in [1.82, 2.24) is 0 Å². The van der Waals surface area contributed by atoms with Gasteiger partial charge in [0.15, 0.2) is 0 Å². The van der Waals surface area contributed by atoms with Gasteiger partial charge in [0, 0.05) is 0 Å². The van der Waals surface area contributed by atoms with Gasteiger partial charge in [-0.15, -0.1) is 0 Å². The highest BCUT2D eigenvalue weighted by Gasteiger charge is 2.32. The fraction of sp³-hybridized carbons (Fsp3) is 0.818. The predicted molar refractivity (Wildman–Crippen MR) is 56.2 cm³/mol. The van der Waals surface area contributed by atoms with Gasteiger partial charge in [0.2, 0.25) is 0 Å². The summed E-state index contributed by atoms with van der Waals surface area (Å²) in [4.78, 5) is 22.7. The normalized spacial score (nSPS) is 12.1. The average molecular weight is 216 g/mol. The van der Waals surface area contributed by atoms with Crippen molar-refractivity contribution >= 4 is 11.9 Å². The Balaban J connectivity index is 4.28. The number of hydrogen-bond acceptors (Lipinski definition) is 4. The van der Waals surface area contributed by atoms with Crippen molar-refractivity contribution in [3.05, 3.63) is 0 Å². The third kappa shape index (κ3) is 4.32. The molecule has 88 valence electrons. The second kappa shape index (κ2) is 4.64.